The number of rotatable bonds is 0. The smallest absolute Gasteiger partial charge is 0.140 e. The van der Waals surface area contributed by atoms with Crippen molar-refractivity contribution in [1.29, 1.82) is 0 Å². The number of aliphatic hydroxyl groups excluding tert-OH is 1. The van der Waals surface area contributed by atoms with Gasteiger partial charge in [-0.2, -0.15) is 0 Å². The molecular weight excluding hydrogens is 176 g/mol. The summed E-state index contributed by atoms with van der Waals surface area (Å²) in [6, 6.07) is 0. The molecule has 0 aliphatic heterocycles. The number of hydrogen-bond acceptors (Lipinski definition) is 2. The Hall–Kier alpha value is -0.630. The summed E-state index contributed by atoms with van der Waals surface area (Å²) in [4.78, 5) is 11.7. The van der Waals surface area contributed by atoms with Crippen LogP contribution in [0.4, 0.5) is 0 Å². The maximum atomic E-state index is 11.7. The first-order valence-corrected chi connectivity index (χ1v) is 5.53. The molecule has 0 spiro atoms. The lowest BCUT2D eigenvalue weighted by atomic mass is 9.54. The highest BCUT2D eigenvalue weighted by molar-refractivity contribution is 5.86. The maximum absolute atomic E-state index is 11.7. The number of hydrogen-bond donors (Lipinski definition) is 1. The van der Waals surface area contributed by atoms with Crippen LogP contribution >= 0.6 is 0 Å². The Morgan fingerprint density at radius 2 is 2.21 bits per heavy atom. The molecule has 0 saturated heterocycles. The van der Waals surface area contributed by atoms with Crippen LogP contribution in [0.1, 0.15) is 26.2 Å². The zero-order valence-corrected chi connectivity index (χ0v) is 8.44. The van der Waals surface area contributed by atoms with Crippen molar-refractivity contribution >= 4 is 5.78 Å². The average Bonchev–Trinajstić information content (AvgIpc) is 2.47. The summed E-state index contributed by atoms with van der Waals surface area (Å²) in [6.45, 7) is 2.17. The number of aliphatic hydroxyl groups is 1. The van der Waals surface area contributed by atoms with Crippen LogP contribution in [0.3, 0.4) is 0 Å². The van der Waals surface area contributed by atoms with Crippen molar-refractivity contribution < 1.29 is 9.90 Å². The molecule has 0 amide bonds. The van der Waals surface area contributed by atoms with Crippen LogP contribution in [0.5, 0.6) is 0 Å². The molecule has 1 N–H and O–H groups in total. The summed E-state index contributed by atoms with van der Waals surface area (Å²) in [5.74, 6) is 1.22. The number of Topliss-reactive ketones (excluding diaryl/α,β-unsaturated/α-hetero) is 1. The van der Waals surface area contributed by atoms with Gasteiger partial charge >= 0.3 is 0 Å². The summed E-state index contributed by atoms with van der Waals surface area (Å²) in [5, 5.41) is 10.0. The highest BCUT2D eigenvalue weighted by Gasteiger charge is 2.58. The van der Waals surface area contributed by atoms with Crippen molar-refractivity contribution in [3.8, 4) is 0 Å². The zero-order chi connectivity index (χ0) is 9.92. The second kappa shape index (κ2) is 2.48. The number of fused-ring (bicyclic) bond motifs is 1. The topological polar surface area (TPSA) is 37.3 Å². The number of carbonyl (C=O) groups is 1. The molecule has 2 nitrogen and oxygen atoms in total. The van der Waals surface area contributed by atoms with Crippen LogP contribution in [-0.4, -0.2) is 17.0 Å². The first-order chi connectivity index (χ1) is 6.64. The minimum Gasteiger partial charge on any atom is -0.393 e. The SMILES string of the molecule is C[C@]12C(O)CC[C@H]1[C@@H]1C=C[C@H]2CC1=O. The molecule has 76 valence electrons. The van der Waals surface area contributed by atoms with E-state index in [1.807, 2.05) is 0 Å². The quantitative estimate of drug-likeness (QED) is 0.591. The van der Waals surface area contributed by atoms with Gasteiger partial charge in [-0.25, -0.2) is 0 Å². The molecule has 0 aromatic heterocycles. The van der Waals surface area contributed by atoms with Gasteiger partial charge in [-0.1, -0.05) is 19.1 Å². The molecule has 4 rings (SSSR count). The molecule has 0 aromatic carbocycles. The van der Waals surface area contributed by atoms with Crippen molar-refractivity contribution in [1.82, 2.24) is 0 Å². The average molecular weight is 192 g/mol. The minimum atomic E-state index is -0.196. The van der Waals surface area contributed by atoms with Crippen LogP contribution in [0.15, 0.2) is 12.2 Å². The lowest BCUT2D eigenvalue weighted by Crippen LogP contribution is -2.51. The fourth-order valence-electron chi connectivity index (χ4n) is 3.86. The Morgan fingerprint density at radius 1 is 1.43 bits per heavy atom. The third kappa shape index (κ3) is 0.789. The second-order valence-corrected chi connectivity index (χ2v) is 5.25. The van der Waals surface area contributed by atoms with E-state index in [0.717, 1.165) is 12.8 Å². The van der Waals surface area contributed by atoms with Crippen molar-refractivity contribution in [2.75, 3.05) is 0 Å². The van der Waals surface area contributed by atoms with E-state index in [4.69, 9.17) is 0 Å². The number of carbonyl (C=O) groups excluding carboxylic acids is 1. The van der Waals surface area contributed by atoms with E-state index in [0.29, 0.717) is 24.0 Å². The van der Waals surface area contributed by atoms with Crippen molar-refractivity contribution in [2.45, 2.75) is 32.3 Å². The summed E-state index contributed by atoms with van der Waals surface area (Å²) >= 11 is 0. The lowest BCUT2D eigenvalue weighted by molar-refractivity contribution is -0.135. The highest BCUT2D eigenvalue weighted by atomic mass is 16.3. The fourth-order valence-corrected chi connectivity index (χ4v) is 3.86. The molecule has 2 saturated carbocycles. The molecule has 1 unspecified atom stereocenters. The first-order valence-electron chi connectivity index (χ1n) is 5.53. The fraction of sp³-hybridized carbons (Fsp3) is 0.750. The van der Waals surface area contributed by atoms with Gasteiger partial charge in [0.2, 0.25) is 0 Å². The van der Waals surface area contributed by atoms with Gasteiger partial charge in [0.15, 0.2) is 0 Å². The summed E-state index contributed by atoms with van der Waals surface area (Å²) < 4.78 is 0. The van der Waals surface area contributed by atoms with E-state index in [2.05, 4.69) is 19.1 Å². The van der Waals surface area contributed by atoms with Crippen molar-refractivity contribution in [2.24, 2.45) is 23.2 Å². The second-order valence-electron chi connectivity index (χ2n) is 5.25. The third-order valence-electron chi connectivity index (χ3n) is 4.84. The van der Waals surface area contributed by atoms with Crippen LogP contribution in [-0.2, 0) is 4.79 Å². The normalized spacial score (nSPS) is 55.1. The molecular formula is C12H16O2. The van der Waals surface area contributed by atoms with E-state index < -0.39 is 0 Å². The van der Waals surface area contributed by atoms with Gasteiger partial charge in [-0.3, -0.25) is 4.79 Å². The highest BCUT2D eigenvalue weighted by Crippen LogP contribution is 2.59. The standard InChI is InChI=1S/C12H16O2/c1-12-7-2-3-8(10(13)6-7)9(12)4-5-11(12)14/h2-3,7-9,11,14H,4-6H2,1H3/t7-,8-,9-,11?,12+/m0/s1. The molecule has 4 aliphatic carbocycles. The van der Waals surface area contributed by atoms with Gasteiger partial charge in [0.05, 0.1) is 6.10 Å². The number of allylic oxidation sites excluding steroid dienone is 2. The molecule has 14 heavy (non-hydrogen) atoms. The summed E-state index contributed by atoms with van der Waals surface area (Å²) in [6.07, 6.45) is 6.61. The van der Waals surface area contributed by atoms with Crippen LogP contribution < -0.4 is 0 Å². The van der Waals surface area contributed by atoms with Crippen molar-refractivity contribution in [3.63, 3.8) is 0 Å². The van der Waals surface area contributed by atoms with E-state index in [-0.39, 0.29) is 17.4 Å². The van der Waals surface area contributed by atoms with Gasteiger partial charge in [-0.15, -0.1) is 0 Å². The van der Waals surface area contributed by atoms with Crippen LogP contribution in [0.2, 0.25) is 0 Å². The Balaban J connectivity index is 2.09. The van der Waals surface area contributed by atoms with Crippen LogP contribution in [0.25, 0.3) is 0 Å². The zero-order valence-electron chi connectivity index (χ0n) is 8.44. The molecule has 2 heteroatoms. The molecule has 0 radical (unpaired) electrons. The van der Waals surface area contributed by atoms with Gasteiger partial charge in [0.25, 0.3) is 0 Å². The third-order valence-corrected chi connectivity index (χ3v) is 4.84. The minimum absolute atomic E-state index is 0.00662. The molecule has 2 bridgehead atoms. The Bertz CT molecular complexity index is 320. The maximum Gasteiger partial charge on any atom is 0.140 e. The van der Waals surface area contributed by atoms with E-state index in [9.17, 15) is 9.90 Å². The first kappa shape index (κ1) is 8.66. The Morgan fingerprint density at radius 3 is 2.93 bits per heavy atom. The van der Waals surface area contributed by atoms with E-state index >= 15 is 0 Å². The van der Waals surface area contributed by atoms with Gasteiger partial charge in [-0.05, 0) is 24.7 Å². The number of ketones is 1. The molecule has 0 heterocycles. The predicted octanol–water partition coefficient (Wildman–Crippen LogP) is 1.54. The lowest BCUT2D eigenvalue weighted by Gasteiger charge is -2.49. The van der Waals surface area contributed by atoms with Crippen molar-refractivity contribution in [3.05, 3.63) is 12.2 Å². The monoisotopic (exact) mass is 192 g/mol. The molecule has 0 aromatic rings. The largest absolute Gasteiger partial charge is 0.393 e. The summed E-state index contributed by atoms with van der Waals surface area (Å²) in [7, 11) is 0. The Labute approximate surface area is 84.0 Å². The predicted molar refractivity (Wildman–Crippen MR) is 52.6 cm³/mol. The molecule has 4 aliphatic rings. The van der Waals surface area contributed by atoms with Gasteiger partial charge in [0.1, 0.15) is 5.78 Å². The summed E-state index contributed by atoms with van der Waals surface area (Å²) in [5.41, 5.74) is -0.00662. The van der Waals surface area contributed by atoms with Crippen LogP contribution in [0, 0.1) is 23.2 Å². The van der Waals surface area contributed by atoms with E-state index in [1.165, 1.54) is 0 Å². The van der Waals surface area contributed by atoms with Gasteiger partial charge in [0, 0.05) is 17.8 Å². The molecule has 2 fully saturated rings. The van der Waals surface area contributed by atoms with E-state index in [1.54, 1.807) is 0 Å². The van der Waals surface area contributed by atoms with Gasteiger partial charge < -0.3 is 5.11 Å². The molecule has 5 atom stereocenters. The Kier molecular flexibility index (Phi) is 1.54.